The molecule has 0 aliphatic heterocycles. The van der Waals surface area contributed by atoms with Crippen molar-refractivity contribution in [1.29, 1.82) is 0 Å². The van der Waals surface area contributed by atoms with Crippen LogP contribution in [0.15, 0.2) is 21.9 Å². The molecule has 3 rings (SSSR count). The Morgan fingerprint density at radius 2 is 2.04 bits per heavy atom. The minimum atomic E-state index is -0.565. The fraction of sp³-hybridized carbons (Fsp3) is 0.375. The number of thiophene rings is 1. The SMILES string of the molecule is NC(=O)c1c(NC(=O)CCn2ccc(=O)[nH]c2=O)sc2c1CCCC2. The van der Waals surface area contributed by atoms with E-state index >= 15 is 0 Å². The number of nitrogens with one attached hydrogen (secondary N) is 2. The second kappa shape index (κ2) is 7.06. The van der Waals surface area contributed by atoms with E-state index < -0.39 is 17.2 Å². The monoisotopic (exact) mass is 362 g/mol. The average molecular weight is 362 g/mol. The molecule has 0 atom stereocenters. The molecule has 9 heteroatoms. The van der Waals surface area contributed by atoms with Gasteiger partial charge in [-0.05, 0) is 31.2 Å². The van der Waals surface area contributed by atoms with Gasteiger partial charge in [0.1, 0.15) is 5.00 Å². The number of H-pyrrole nitrogens is 1. The standard InChI is InChI=1S/C16H18N4O4S/c17-14(23)13-9-3-1-2-4-10(9)25-15(13)18-11(21)5-7-20-8-6-12(22)19-16(20)24/h6,8H,1-5,7H2,(H2,17,23)(H,18,21)(H,19,22,24). The lowest BCUT2D eigenvalue weighted by molar-refractivity contribution is -0.116. The number of aromatic amines is 1. The van der Waals surface area contributed by atoms with Gasteiger partial charge in [-0.3, -0.25) is 19.4 Å². The topological polar surface area (TPSA) is 127 Å². The number of nitrogens with zero attached hydrogens (tertiary/aromatic N) is 1. The van der Waals surface area contributed by atoms with Gasteiger partial charge in [-0.1, -0.05) is 0 Å². The van der Waals surface area contributed by atoms with Gasteiger partial charge in [0.2, 0.25) is 5.91 Å². The van der Waals surface area contributed by atoms with Crippen molar-refractivity contribution in [3.63, 3.8) is 0 Å². The zero-order chi connectivity index (χ0) is 18.0. The number of carbonyl (C=O) groups is 2. The van der Waals surface area contributed by atoms with Crippen molar-refractivity contribution in [2.45, 2.75) is 38.6 Å². The zero-order valence-electron chi connectivity index (χ0n) is 13.5. The molecule has 1 aliphatic carbocycles. The molecule has 0 unspecified atom stereocenters. The van der Waals surface area contributed by atoms with Crippen LogP contribution in [0.5, 0.6) is 0 Å². The second-order valence-electron chi connectivity index (χ2n) is 5.88. The molecule has 2 aromatic rings. The Balaban J connectivity index is 1.73. The highest BCUT2D eigenvalue weighted by atomic mass is 32.1. The van der Waals surface area contributed by atoms with Gasteiger partial charge in [0, 0.05) is 30.1 Å². The van der Waals surface area contributed by atoms with E-state index in [1.54, 1.807) is 0 Å². The molecule has 132 valence electrons. The Bertz CT molecular complexity index is 940. The number of hydrogen-bond acceptors (Lipinski definition) is 5. The Kier molecular flexibility index (Phi) is 4.84. The predicted octanol–water partition coefficient (Wildman–Crippen LogP) is 0.605. The molecule has 2 heterocycles. The number of rotatable bonds is 5. The van der Waals surface area contributed by atoms with Crippen LogP contribution in [0.2, 0.25) is 0 Å². The Labute approximate surface area is 146 Å². The number of aryl methyl sites for hydroxylation is 2. The van der Waals surface area contributed by atoms with Gasteiger partial charge in [-0.2, -0.15) is 0 Å². The normalized spacial score (nSPS) is 13.3. The lowest BCUT2D eigenvalue weighted by atomic mass is 9.95. The van der Waals surface area contributed by atoms with Crippen LogP contribution in [0.4, 0.5) is 5.00 Å². The van der Waals surface area contributed by atoms with Crippen molar-refractivity contribution in [1.82, 2.24) is 9.55 Å². The van der Waals surface area contributed by atoms with E-state index in [-0.39, 0.29) is 18.9 Å². The van der Waals surface area contributed by atoms with E-state index in [2.05, 4.69) is 10.3 Å². The summed E-state index contributed by atoms with van der Waals surface area (Å²) >= 11 is 1.40. The van der Waals surface area contributed by atoms with Crippen molar-refractivity contribution in [3.05, 3.63) is 49.1 Å². The molecule has 0 spiro atoms. The number of carbonyl (C=O) groups excluding carboxylic acids is 2. The van der Waals surface area contributed by atoms with Crippen LogP contribution in [0, 0.1) is 0 Å². The lowest BCUT2D eigenvalue weighted by Gasteiger charge is -2.11. The Hall–Kier alpha value is -2.68. The van der Waals surface area contributed by atoms with E-state index in [0.29, 0.717) is 10.6 Å². The van der Waals surface area contributed by atoms with Crippen LogP contribution >= 0.6 is 11.3 Å². The summed E-state index contributed by atoms with van der Waals surface area (Å²) in [5.74, 6) is -0.856. The quantitative estimate of drug-likeness (QED) is 0.720. The molecular formula is C16H18N4O4S. The van der Waals surface area contributed by atoms with E-state index in [0.717, 1.165) is 36.1 Å². The minimum Gasteiger partial charge on any atom is -0.365 e. The molecule has 2 amide bonds. The minimum absolute atomic E-state index is 0.0344. The summed E-state index contributed by atoms with van der Waals surface area (Å²) in [6.45, 7) is 0.123. The maximum absolute atomic E-state index is 12.2. The van der Waals surface area contributed by atoms with E-state index in [9.17, 15) is 19.2 Å². The molecular weight excluding hydrogens is 344 g/mol. The highest BCUT2D eigenvalue weighted by Crippen LogP contribution is 2.37. The maximum atomic E-state index is 12.2. The first-order valence-corrected chi connectivity index (χ1v) is 8.81. The number of nitrogens with two attached hydrogens (primary N) is 1. The molecule has 1 aliphatic rings. The van der Waals surface area contributed by atoms with Gasteiger partial charge in [0.25, 0.3) is 11.5 Å². The van der Waals surface area contributed by atoms with E-state index in [1.165, 1.54) is 28.2 Å². The van der Waals surface area contributed by atoms with Gasteiger partial charge in [0.05, 0.1) is 5.56 Å². The first-order chi connectivity index (χ1) is 12.0. The molecule has 0 aromatic carbocycles. The number of hydrogen-bond donors (Lipinski definition) is 3. The molecule has 4 N–H and O–H groups in total. The lowest BCUT2D eigenvalue weighted by Crippen LogP contribution is -2.29. The van der Waals surface area contributed by atoms with Crippen LogP contribution < -0.4 is 22.3 Å². The molecule has 2 aromatic heterocycles. The Morgan fingerprint density at radius 1 is 1.28 bits per heavy atom. The number of anilines is 1. The molecule has 0 saturated heterocycles. The van der Waals surface area contributed by atoms with Crippen LogP contribution in [0.1, 0.15) is 40.1 Å². The number of primary amides is 1. The zero-order valence-corrected chi connectivity index (χ0v) is 14.3. The van der Waals surface area contributed by atoms with Crippen molar-refractivity contribution in [2.24, 2.45) is 5.73 Å². The second-order valence-corrected chi connectivity index (χ2v) is 6.99. The highest BCUT2D eigenvalue weighted by molar-refractivity contribution is 7.17. The molecule has 0 fully saturated rings. The number of fused-ring (bicyclic) bond motifs is 1. The number of amides is 2. The summed E-state index contributed by atoms with van der Waals surface area (Å²) < 4.78 is 1.25. The van der Waals surface area contributed by atoms with Crippen molar-refractivity contribution in [2.75, 3.05) is 5.32 Å². The van der Waals surface area contributed by atoms with Crippen molar-refractivity contribution >= 4 is 28.2 Å². The van der Waals surface area contributed by atoms with Gasteiger partial charge in [0.15, 0.2) is 0 Å². The summed E-state index contributed by atoms with van der Waals surface area (Å²) in [5, 5.41) is 3.23. The molecule has 0 bridgehead atoms. The van der Waals surface area contributed by atoms with Gasteiger partial charge >= 0.3 is 5.69 Å². The first-order valence-electron chi connectivity index (χ1n) is 7.99. The third-order valence-electron chi connectivity index (χ3n) is 4.15. The van der Waals surface area contributed by atoms with Crippen LogP contribution in [-0.2, 0) is 24.2 Å². The fourth-order valence-corrected chi connectivity index (χ4v) is 4.26. The Morgan fingerprint density at radius 3 is 2.76 bits per heavy atom. The largest absolute Gasteiger partial charge is 0.365 e. The van der Waals surface area contributed by atoms with Crippen molar-refractivity contribution in [3.8, 4) is 0 Å². The van der Waals surface area contributed by atoms with E-state index in [1.807, 2.05) is 0 Å². The third-order valence-corrected chi connectivity index (χ3v) is 5.35. The van der Waals surface area contributed by atoms with Crippen LogP contribution in [-0.4, -0.2) is 21.4 Å². The number of aromatic nitrogens is 2. The molecule has 8 nitrogen and oxygen atoms in total. The summed E-state index contributed by atoms with van der Waals surface area (Å²) in [6.07, 6.45) is 5.14. The maximum Gasteiger partial charge on any atom is 0.328 e. The van der Waals surface area contributed by atoms with Gasteiger partial charge in [-0.25, -0.2) is 4.79 Å². The molecule has 0 saturated carbocycles. The smallest absolute Gasteiger partial charge is 0.328 e. The van der Waals surface area contributed by atoms with Gasteiger partial charge < -0.3 is 15.6 Å². The van der Waals surface area contributed by atoms with Crippen LogP contribution in [0.3, 0.4) is 0 Å². The summed E-state index contributed by atoms with van der Waals surface area (Å²) in [6, 6.07) is 1.22. The first kappa shape index (κ1) is 17.2. The summed E-state index contributed by atoms with van der Waals surface area (Å²) in [7, 11) is 0. The third kappa shape index (κ3) is 3.71. The highest BCUT2D eigenvalue weighted by Gasteiger charge is 2.24. The summed E-state index contributed by atoms with van der Waals surface area (Å²) in [5.41, 5.74) is 5.81. The average Bonchev–Trinajstić information content (AvgIpc) is 2.91. The predicted molar refractivity (Wildman–Crippen MR) is 94.0 cm³/mol. The fourth-order valence-electron chi connectivity index (χ4n) is 2.95. The van der Waals surface area contributed by atoms with E-state index in [4.69, 9.17) is 5.73 Å². The molecule has 0 radical (unpaired) electrons. The van der Waals surface area contributed by atoms with Crippen molar-refractivity contribution < 1.29 is 9.59 Å². The summed E-state index contributed by atoms with van der Waals surface area (Å²) in [4.78, 5) is 49.9. The van der Waals surface area contributed by atoms with Crippen LogP contribution in [0.25, 0.3) is 0 Å². The molecule has 25 heavy (non-hydrogen) atoms. The van der Waals surface area contributed by atoms with Gasteiger partial charge in [-0.15, -0.1) is 11.3 Å².